The molecule has 0 aromatic heterocycles. The molecular formula is C21H36N2O2. The molecule has 0 amide bonds. The second-order valence-corrected chi connectivity index (χ2v) is 7.39. The van der Waals surface area contributed by atoms with Crippen molar-refractivity contribution in [1.29, 1.82) is 10.5 Å². The van der Waals surface area contributed by atoms with Crippen LogP contribution in [0.15, 0.2) is 0 Å². The average Bonchev–Trinajstić information content (AvgIpc) is 2.68. The summed E-state index contributed by atoms with van der Waals surface area (Å²) in [5.74, 6) is -0.233. The summed E-state index contributed by atoms with van der Waals surface area (Å²) >= 11 is 0. The van der Waals surface area contributed by atoms with E-state index in [-0.39, 0.29) is 29.0 Å². The number of hydrogen-bond acceptors (Lipinski definition) is 4. The SMILES string of the molecule is CCC(CC)(CCOC(CC)(CC)C1CCCC(C#N)C1C#N)OC. The molecule has 0 bridgehead atoms. The van der Waals surface area contributed by atoms with Gasteiger partial charge in [-0.2, -0.15) is 10.5 Å². The Morgan fingerprint density at radius 1 is 0.960 bits per heavy atom. The number of ether oxygens (including phenoxy) is 2. The number of rotatable bonds is 10. The summed E-state index contributed by atoms with van der Waals surface area (Å²) in [6, 6.07) is 4.81. The van der Waals surface area contributed by atoms with Gasteiger partial charge in [-0.05, 0) is 44.9 Å². The van der Waals surface area contributed by atoms with E-state index in [1.165, 1.54) is 0 Å². The Bertz CT molecular complexity index is 461. The van der Waals surface area contributed by atoms with E-state index in [2.05, 4.69) is 39.8 Å². The second kappa shape index (κ2) is 10.1. The smallest absolute Gasteiger partial charge is 0.0718 e. The van der Waals surface area contributed by atoms with Crippen molar-refractivity contribution in [2.24, 2.45) is 17.8 Å². The maximum atomic E-state index is 9.71. The molecule has 3 unspecified atom stereocenters. The van der Waals surface area contributed by atoms with Crippen LogP contribution in [0.25, 0.3) is 0 Å². The fourth-order valence-corrected chi connectivity index (χ4v) is 4.63. The van der Waals surface area contributed by atoms with E-state index in [4.69, 9.17) is 9.47 Å². The van der Waals surface area contributed by atoms with E-state index in [1.54, 1.807) is 7.11 Å². The third kappa shape index (κ3) is 4.75. The molecule has 142 valence electrons. The third-order valence-corrected chi connectivity index (χ3v) is 6.75. The molecule has 3 atom stereocenters. The highest BCUT2D eigenvalue weighted by Gasteiger charge is 2.46. The molecule has 0 saturated heterocycles. The first-order valence-electron chi connectivity index (χ1n) is 10.00. The molecule has 1 aliphatic carbocycles. The van der Waals surface area contributed by atoms with Crippen LogP contribution in [0.1, 0.15) is 79.1 Å². The Hall–Kier alpha value is -1.10. The second-order valence-electron chi connectivity index (χ2n) is 7.39. The van der Waals surface area contributed by atoms with Crippen molar-refractivity contribution in [2.75, 3.05) is 13.7 Å². The van der Waals surface area contributed by atoms with Gasteiger partial charge in [-0.15, -0.1) is 0 Å². The molecule has 1 fully saturated rings. The molecule has 4 nitrogen and oxygen atoms in total. The van der Waals surface area contributed by atoms with Crippen molar-refractivity contribution in [2.45, 2.75) is 90.3 Å². The quantitative estimate of drug-likeness (QED) is 0.541. The lowest BCUT2D eigenvalue weighted by molar-refractivity contribution is -0.133. The van der Waals surface area contributed by atoms with Gasteiger partial charge in [-0.3, -0.25) is 0 Å². The maximum absolute atomic E-state index is 9.71. The van der Waals surface area contributed by atoms with E-state index in [0.29, 0.717) is 6.61 Å². The standard InChI is InChI=1S/C21H36N2O2/c1-6-20(7-2,24-5)13-14-25-21(8-3,9-4)19-12-10-11-17(15-22)18(19)16-23/h17-19H,6-14H2,1-5H3. The third-order valence-electron chi connectivity index (χ3n) is 6.75. The van der Waals surface area contributed by atoms with Gasteiger partial charge in [-0.25, -0.2) is 0 Å². The minimum absolute atomic E-state index is 0.121. The van der Waals surface area contributed by atoms with Gasteiger partial charge in [0.1, 0.15) is 0 Å². The summed E-state index contributed by atoms with van der Waals surface area (Å²) in [6.45, 7) is 9.26. The Morgan fingerprint density at radius 3 is 2.04 bits per heavy atom. The highest BCUT2D eigenvalue weighted by Crippen LogP contribution is 2.45. The number of nitrogens with zero attached hydrogens (tertiary/aromatic N) is 2. The van der Waals surface area contributed by atoms with Crippen LogP contribution in [0.4, 0.5) is 0 Å². The summed E-state index contributed by atoms with van der Waals surface area (Å²) in [7, 11) is 1.78. The number of methoxy groups -OCH3 is 1. The van der Waals surface area contributed by atoms with Crippen LogP contribution >= 0.6 is 0 Å². The molecule has 0 aliphatic heterocycles. The summed E-state index contributed by atoms with van der Waals surface area (Å²) in [4.78, 5) is 0. The molecule has 1 rings (SSSR count). The Kier molecular flexibility index (Phi) is 8.91. The fraction of sp³-hybridized carbons (Fsp3) is 0.905. The zero-order valence-electron chi connectivity index (χ0n) is 16.8. The molecule has 0 radical (unpaired) electrons. The van der Waals surface area contributed by atoms with Gasteiger partial charge >= 0.3 is 0 Å². The monoisotopic (exact) mass is 348 g/mol. The van der Waals surface area contributed by atoms with Crippen LogP contribution < -0.4 is 0 Å². The van der Waals surface area contributed by atoms with Crippen LogP contribution in [0.3, 0.4) is 0 Å². The highest BCUT2D eigenvalue weighted by molar-refractivity contribution is 5.08. The van der Waals surface area contributed by atoms with Crippen molar-refractivity contribution in [1.82, 2.24) is 0 Å². The topological polar surface area (TPSA) is 66.0 Å². The molecule has 0 heterocycles. The van der Waals surface area contributed by atoms with E-state index in [0.717, 1.165) is 51.4 Å². The first-order valence-corrected chi connectivity index (χ1v) is 10.00. The number of hydrogen-bond donors (Lipinski definition) is 0. The van der Waals surface area contributed by atoms with Crippen LogP contribution in [0.2, 0.25) is 0 Å². The molecule has 0 spiro atoms. The zero-order chi connectivity index (χ0) is 18.9. The molecule has 0 aromatic carbocycles. The van der Waals surface area contributed by atoms with Crippen molar-refractivity contribution >= 4 is 0 Å². The summed E-state index contributed by atoms with van der Waals surface area (Å²) < 4.78 is 12.3. The van der Waals surface area contributed by atoms with Gasteiger partial charge in [0.25, 0.3) is 0 Å². The summed E-state index contributed by atoms with van der Waals surface area (Å²) in [6.07, 6.45) is 7.39. The molecule has 25 heavy (non-hydrogen) atoms. The van der Waals surface area contributed by atoms with E-state index in [9.17, 15) is 10.5 Å². The van der Waals surface area contributed by atoms with Crippen LogP contribution in [-0.2, 0) is 9.47 Å². The number of nitriles is 2. The van der Waals surface area contributed by atoms with Crippen LogP contribution in [0, 0.1) is 40.4 Å². The first-order chi connectivity index (χ1) is 12.0. The van der Waals surface area contributed by atoms with Crippen molar-refractivity contribution in [3.63, 3.8) is 0 Å². The normalized spacial score (nSPS) is 24.5. The van der Waals surface area contributed by atoms with E-state index >= 15 is 0 Å². The predicted octanol–water partition coefficient (Wildman–Crippen LogP) is 5.24. The lowest BCUT2D eigenvalue weighted by atomic mass is 9.64. The maximum Gasteiger partial charge on any atom is 0.0718 e. The van der Waals surface area contributed by atoms with Crippen molar-refractivity contribution < 1.29 is 9.47 Å². The predicted molar refractivity (Wildman–Crippen MR) is 99.8 cm³/mol. The zero-order valence-corrected chi connectivity index (χ0v) is 16.8. The van der Waals surface area contributed by atoms with Gasteiger partial charge in [-0.1, -0.05) is 34.1 Å². The van der Waals surface area contributed by atoms with Gasteiger partial charge in [0.2, 0.25) is 0 Å². The summed E-state index contributed by atoms with van der Waals surface area (Å²) in [5.41, 5.74) is -0.430. The Balaban J connectivity index is 2.92. The first kappa shape index (κ1) is 21.9. The average molecular weight is 349 g/mol. The molecule has 1 saturated carbocycles. The van der Waals surface area contributed by atoms with Gasteiger partial charge in [0.05, 0.1) is 41.8 Å². The fourth-order valence-electron chi connectivity index (χ4n) is 4.63. The summed E-state index contributed by atoms with van der Waals surface area (Å²) in [5, 5.41) is 19.2. The van der Waals surface area contributed by atoms with Gasteiger partial charge < -0.3 is 9.47 Å². The largest absolute Gasteiger partial charge is 0.378 e. The Labute approximate surface area is 154 Å². The van der Waals surface area contributed by atoms with Crippen molar-refractivity contribution in [3.8, 4) is 12.1 Å². The van der Waals surface area contributed by atoms with Gasteiger partial charge in [0.15, 0.2) is 0 Å². The minimum atomic E-state index is -0.309. The van der Waals surface area contributed by atoms with Crippen LogP contribution in [-0.4, -0.2) is 24.9 Å². The minimum Gasteiger partial charge on any atom is -0.378 e. The van der Waals surface area contributed by atoms with Crippen molar-refractivity contribution in [3.05, 3.63) is 0 Å². The Morgan fingerprint density at radius 2 is 1.60 bits per heavy atom. The highest BCUT2D eigenvalue weighted by atomic mass is 16.5. The molecule has 4 heteroatoms. The lowest BCUT2D eigenvalue weighted by Gasteiger charge is -2.45. The van der Waals surface area contributed by atoms with Crippen LogP contribution in [0.5, 0.6) is 0 Å². The molecular weight excluding hydrogens is 312 g/mol. The molecule has 1 aliphatic rings. The molecule has 0 N–H and O–H groups in total. The van der Waals surface area contributed by atoms with Gasteiger partial charge in [0, 0.05) is 13.0 Å². The molecule has 0 aromatic rings. The van der Waals surface area contributed by atoms with E-state index < -0.39 is 0 Å². The van der Waals surface area contributed by atoms with E-state index in [1.807, 2.05) is 0 Å². The lowest BCUT2D eigenvalue weighted by Crippen LogP contribution is -2.47.